The Labute approximate surface area is 133 Å². The normalized spacial score (nSPS) is 16.6. The van der Waals surface area contributed by atoms with Gasteiger partial charge in [-0.3, -0.25) is 0 Å². The smallest absolute Gasteiger partial charge is 0.405 e. The SMILES string of the molecule is NC(=O)OC1CCOc2cc(-c3c[nH]c4ccccc34)ccc21. The van der Waals surface area contributed by atoms with Gasteiger partial charge in [-0.1, -0.05) is 30.3 Å². The molecule has 1 aromatic heterocycles. The number of aromatic nitrogens is 1. The van der Waals surface area contributed by atoms with E-state index in [4.69, 9.17) is 15.2 Å². The topological polar surface area (TPSA) is 77.3 Å². The summed E-state index contributed by atoms with van der Waals surface area (Å²) >= 11 is 0. The summed E-state index contributed by atoms with van der Waals surface area (Å²) in [6, 6.07) is 14.1. The monoisotopic (exact) mass is 308 g/mol. The van der Waals surface area contributed by atoms with Crippen LogP contribution in [0.4, 0.5) is 4.79 Å². The highest BCUT2D eigenvalue weighted by Gasteiger charge is 2.24. The molecule has 116 valence electrons. The van der Waals surface area contributed by atoms with E-state index in [1.807, 2.05) is 42.6 Å². The summed E-state index contributed by atoms with van der Waals surface area (Å²) in [5, 5.41) is 1.16. The average molecular weight is 308 g/mol. The van der Waals surface area contributed by atoms with Gasteiger partial charge in [0.05, 0.1) is 6.61 Å². The molecule has 5 heteroatoms. The zero-order valence-corrected chi connectivity index (χ0v) is 12.4. The number of para-hydroxylation sites is 1. The van der Waals surface area contributed by atoms with Crippen LogP contribution in [0.25, 0.3) is 22.0 Å². The second-order valence-corrected chi connectivity index (χ2v) is 5.56. The van der Waals surface area contributed by atoms with Gasteiger partial charge < -0.3 is 20.2 Å². The van der Waals surface area contributed by atoms with Crippen LogP contribution >= 0.6 is 0 Å². The molecule has 1 unspecified atom stereocenters. The van der Waals surface area contributed by atoms with E-state index >= 15 is 0 Å². The molecule has 0 aliphatic carbocycles. The lowest BCUT2D eigenvalue weighted by Gasteiger charge is -2.25. The van der Waals surface area contributed by atoms with Gasteiger partial charge in [0.2, 0.25) is 0 Å². The molecule has 1 atom stereocenters. The number of nitrogens with one attached hydrogen (secondary N) is 1. The molecule has 0 saturated heterocycles. The summed E-state index contributed by atoms with van der Waals surface area (Å²) in [6.45, 7) is 0.502. The van der Waals surface area contributed by atoms with Crippen molar-refractivity contribution in [3.63, 3.8) is 0 Å². The fourth-order valence-corrected chi connectivity index (χ4v) is 3.10. The third-order valence-electron chi connectivity index (χ3n) is 4.16. The zero-order valence-electron chi connectivity index (χ0n) is 12.4. The Bertz CT molecular complexity index is 885. The van der Waals surface area contributed by atoms with Crippen molar-refractivity contribution in [1.29, 1.82) is 0 Å². The maximum atomic E-state index is 11.0. The molecular formula is C18H16N2O3. The molecule has 0 bridgehead atoms. The molecule has 0 fully saturated rings. The van der Waals surface area contributed by atoms with Crippen LogP contribution in [0.15, 0.2) is 48.7 Å². The number of hydrogen-bond donors (Lipinski definition) is 2. The Morgan fingerprint density at radius 2 is 2.13 bits per heavy atom. The molecule has 5 nitrogen and oxygen atoms in total. The van der Waals surface area contributed by atoms with Crippen LogP contribution in [0.1, 0.15) is 18.1 Å². The van der Waals surface area contributed by atoms with E-state index in [2.05, 4.69) is 11.1 Å². The van der Waals surface area contributed by atoms with Crippen molar-refractivity contribution in [2.45, 2.75) is 12.5 Å². The summed E-state index contributed by atoms with van der Waals surface area (Å²) in [5.74, 6) is 0.741. The van der Waals surface area contributed by atoms with Crippen molar-refractivity contribution in [3.8, 4) is 16.9 Å². The van der Waals surface area contributed by atoms with E-state index in [0.29, 0.717) is 13.0 Å². The highest BCUT2D eigenvalue weighted by molar-refractivity contribution is 5.95. The van der Waals surface area contributed by atoms with Gasteiger partial charge in [-0.25, -0.2) is 4.79 Å². The van der Waals surface area contributed by atoms with E-state index in [-0.39, 0.29) is 6.10 Å². The third kappa shape index (κ3) is 2.40. The van der Waals surface area contributed by atoms with Gasteiger partial charge in [0.1, 0.15) is 11.9 Å². The summed E-state index contributed by atoms with van der Waals surface area (Å²) in [5.41, 5.74) is 9.27. The minimum atomic E-state index is -0.761. The van der Waals surface area contributed by atoms with Gasteiger partial charge >= 0.3 is 6.09 Å². The average Bonchev–Trinajstić information content (AvgIpc) is 2.98. The minimum Gasteiger partial charge on any atom is -0.493 e. The largest absolute Gasteiger partial charge is 0.493 e. The van der Waals surface area contributed by atoms with Crippen LogP contribution in [-0.2, 0) is 4.74 Å². The number of amides is 1. The number of primary amides is 1. The number of nitrogens with two attached hydrogens (primary N) is 1. The first-order valence-corrected chi connectivity index (χ1v) is 7.52. The van der Waals surface area contributed by atoms with Crippen LogP contribution in [-0.4, -0.2) is 17.7 Å². The van der Waals surface area contributed by atoms with E-state index in [1.165, 1.54) is 0 Å². The molecule has 0 radical (unpaired) electrons. The third-order valence-corrected chi connectivity index (χ3v) is 4.16. The van der Waals surface area contributed by atoms with Crippen LogP contribution < -0.4 is 10.5 Å². The highest BCUT2D eigenvalue weighted by atomic mass is 16.6. The maximum absolute atomic E-state index is 11.0. The quantitative estimate of drug-likeness (QED) is 0.756. The number of ether oxygens (including phenoxy) is 2. The zero-order chi connectivity index (χ0) is 15.8. The number of carbonyl (C=O) groups excluding carboxylic acids is 1. The van der Waals surface area contributed by atoms with Crippen molar-refractivity contribution < 1.29 is 14.3 Å². The molecule has 3 N–H and O–H groups in total. The summed E-state index contributed by atoms with van der Waals surface area (Å²) in [4.78, 5) is 14.3. The Morgan fingerprint density at radius 1 is 1.26 bits per heavy atom. The minimum absolute atomic E-state index is 0.340. The fraction of sp³-hybridized carbons (Fsp3) is 0.167. The molecule has 3 aromatic rings. The number of rotatable bonds is 2. The Balaban J connectivity index is 1.76. The predicted molar refractivity (Wildman–Crippen MR) is 87.3 cm³/mol. The molecule has 2 heterocycles. The molecule has 23 heavy (non-hydrogen) atoms. The van der Waals surface area contributed by atoms with Gasteiger partial charge in [-0.05, 0) is 17.7 Å². The highest BCUT2D eigenvalue weighted by Crippen LogP contribution is 2.38. The molecular weight excluding hydrogens is 292 g/mol. The van der Waals surface area contributed by atoms with Gasteiger partial charge in [0.25, 0.3) is 0 Å². The second-order valence-electron chi connectivity index (χ2n) is 5.56. The van der Waals surface area contributed by atoms with Crippen LogP contribution in [0, 0.1) is 0 Å². The Morgan fingerprint density at radius 3 is 3.00 bits per heavy atom. The van der Waals surface area contributed by atoms with Crippen LogP contribution in [0.5, 0.6) is 5.75 Å². The van der Waals surface area contributed by atoms with Gasteiger partial charge in [-0.15, -0.1) is 0 Å². The van der Waals surface area contributed by atoms with E-state index in [0.717, 1.165) is 33.3 Å². The number of hydrogen-bond acceptors (Lipinski definition) is 3. The molecule has 0 spiro atoms. The maximum Gasteiger partial charge on any atom is 0.405 e. The summed E-state index contributed by atoms with van der Waals surface area (Å²) < 4.78 is 10.9. The van der Waals surface area contributed by atoms with Crippen molar-refractivity contribution in [3.05, 3.63) is 54.2 Å². The number of fused-ring (bicyclic) bond motifs is 2. The second kappa shape index (κ2) is 5.35. The fourth-order valence-electron chi connectivity index (χ4n) is 3.10. The van der Waals surface area contributed by atoms with Crippen molar-refractivity contribution >= 4 is 17.0 Å². The lowest BCUT2D eigenvalue weighted by Crippen LogP contribution is -2.22. The van der Waals surface area contributed by atoms with E-state index < -0.39 is 6.09 Å². The summed E-state index contributed by atoms with van der Waals surface area (Å²) in [7, 11) is 0. The molecule has 1 aliphatic rings. The molecule has 1 amide bonds. The standard InChI is InChI=1S/C18H16N2O3/c19-18(21)23-16-7-8-22-17-9-11(5-6-13(16)17)14-10-20-15-4-2-1-3-12(14)15/h1-6,9-10,16,20H,7-8H2,(H2,19,21). The first kappa shape index (κ1) is 13.7. The molecule has 1 aliphatic heterocycles. The number of aromatic amines is 1. The molecule has 0 saturated carbocycles. The van der Waals surface area contributed by atoms with Gasteiger partial charge in [0, 0.05) is 34.6 Å². The number of benzene rings is 2. The van der Waals surface area contributed by atoms with E-state index in [1.54, 1.807) is 0 Å². The Hall–Kier alpha value is -2.95. The van der Waals surface area contributed by atoms with Gasteiger partial charge in [-0.2, -0.15) is 0 Å². The lowest BCUT2D eigenvalue weighted by molar-refractivity contribution is 0.0766. The van der Waals surface area contributed by atoms with Crippen LogP contribution in [0.2, 0.25) is 0 Å². The Kier molecular flexibility index (Phi) is 3.19. The van der Waals surface area contributed by atoms with Gasteiger partial charge in [0.15, 0.2) is 0 Å². The first-order chi connectivity index (χ1) is 11.2. The summed E-state index contributed by atoms with van der Waals surface area (Å²) in [6.07, 6.45) is 1.51. The number of carbonyl (C=O) groups is 1. The lowest BCUT2D eigenvalue weighted by atomic mass is 9.98. The first-order valence-electron chi connectivity index (χ1n) is 7.52. The number of H-pyrrole nitrogens is 1. The van der Waals surface area contributed by atoms with Crippen molar-refractivity contribution in [2.75, 3.05) is 6.61 Å². The predicted octanol–water partition coefficient (Wildman–Crippen LogP) is 3.75. The van der Waals surface area contributed by atoms with E-state index in [9.17, 15) is 4.79 Å². The van der Waals surface area contributed by atoms with Crippen molar-refractivity contribution in [2.24, 2.45) is 5.73 Å². The molecule has 2 aromatic carbocycles. The van der Waals surface area contributed by atoms with Crippen LogP contribution in [0.3, 0.4) is 0 Å². The molecule has 4 rings (SSSR count). The van der Waals surface area contributed by atoms with Crippen molar-refractivity contribution in [1.82, 2.24) is 4.98 Å².